The first-order chi connectivity index (χ1) is 13.5. The Morgan fingerprint density at radius 1 is 1.10 bits per heavy atom. The second-order valence-electron chi connectivity index (χ2n) is 6.00. The van der Waals surface area contributed by atoms with Gasteiger partial charge in [-0.3, -0.25) is 9.48 Å². The monoisotopic (exact) mass is 446 g/mol. The van der Waals surface area contributed by atoms with Crippen molar-refractivity contribution in [3.8, 4) is 5.75 Å². The molecule has 1 aromatic heterocycles. The highest BCUT2D eigenvalue weighted by Crippen LogP contribution is 2.18. The van der Waals surface area contributed by atoms with E-state index >= 15 is 0 Å². The van der Waals surface area contributed by atoms with Crippen molar-refractivity contribution in [1.82, 2.24) is 18.8 Å². The van der Waals surface area contributed by atoms with Crippen LogP contribution in [0.4, 0.5) is 0 Å². The molecule has 13 heteroatoms. The Hall–Kier alpha value is -2.48. The second kappa shape index (κ2) is 9.35. The van der Waals surface area contributed by atoms with E-state index in [9.17, 15) is 21.6 Å². The lowest BCUT2D eigenvalue weighted by molar-refractivity contribution is -0.142. The van der Waals surface area contributed by atoms with Crippen molar-refractivity contribution in [2.45, 2.75) is 9.79 Å². The summed E-state index contributed by atoms with van der Waals surface area (Å²) >= 11 is 0. The number of nitrogens with one attached hydrogen (secondary N) is 1. The third kappa shape index (κ3) is 6.25. The van der Waals surface area contributed by atoms with E-state index in [1.165, 1.54) is 49.2 Å². The van der Waals surface area contributed by atoms with E-state index in [2.05, 4.69) is 9.82 Å². The number of carbonyl (C=O) groups is 1. The lowest BCUT2D eigenvalue weighted by atomic mass is 10.3. The van der Waals surface area contributed by atoms with Crippen LogP contribution in [-0.2, 0) is 36.6 Å². The molecule has 0 radical (unpaired) electrons. The molecule has 1 aromatic carbocycles. The van der Waals surface area contributed by atoms with Gasteiger partial charge < -0.3 is 9.47 Å². The Labute approximate surface area is 169 Å². The molecule has 11 nitrogen and oxygen atoms in total. The summed E-state index contributed by atoms with van der Waals surface area (Å²) < 4.78 is 62.7. The highest BCUT2D eigenvalue weighted by molar-refractivity contribution is 7.89. The molecular weight excluding hydrogens is 424 g/mol. The molecule has 2 aromatic rings. The third-order valence-corrected chi connectivity index (χ3v) is 6.80. The quantitative estimate of drug-likeness (QED) is 0.383. The summed E-state index contributed by atoms with van der Waals surface area (Å²) in [5.41, 5.74) is 0. The molecule has 0 amide bonds. The number of hydrogen-bond acceptors (Lipinski definition) is 8. The molecule has 0 aliphatic heterocycles. The highest BCUT2D eigenvalue weighted by atomic mass is 32.2. The lowest BCUT2D eigenvalue weighted by Gasteiger charge is -2.12. The van der Waals surface area contributed by atoms with Gasteiger partial charge in [0.25, 0.3) is 0 Å². The van der Waals surface area contributed by atoms with Gasteiger partial charge in [0.15, 0.2) is 0 Å². The van der Waals surface area contributed by atoms with Gasteiger partial charge in [-0.25, -0.2) is 21.1 Å². The van der Waals surface area contributed by atoms with Gasteiger partial charge in [0.05, 0.1) is 11.1 Å². The molecule has 0 unspecified atom stereocenters. The van der Waals surface area contributed by atoms with Crippen LogP contribution in [0.15, 0.2) is 46.5 Å². The summed E-state index contributed by atoms with van der Waals surface area (Å²) in [6, 6.07) is 5.79. The molecule has 0 aliphatic rings. The fraction of sp³-hybridized carbons (Fsp3) is 0.375. The number of hydrogen-bond donors (Lipinski definition) is 1. The van der Waals surface area contributed by atoms with Crippen LogP contribution in [0.1, 0.15) is 0 Å². The number of aryl methyl sites for hydroxylation is 1. The number of rotatable bonds is 10. The van der Waals surface area contributed by atoms with Crippen molar-refractivity contribution in [2.75, 3.05) is 33.9 Å². The summed E-state index contributed by atoms with van der Waals surface area (Å²) in [6.45, 7) is -0.625. The number of carbonyl (C=O) groups excluding carboxylic acids is 1. The fourth-order valence-electron chi connectivity index (χ4n) is 2.06. The van der Waals surface area contributed by atoms with Crippen molar-refractivity contribution in [3.05, 3.63) is 36.7 Å². The summed E-state index contributed by atoms with van der Waals surface area (Å²) in [7, 11) is -2.93. The smallest absolute Gasteiger partial charge is 0.321 e. The van der Waals surface area contributed by atoms with E-state index in [0.717, 1.165) is 10.5 Å². The molecule has 0 saturated heterocycles. The van der Waals surface area contributed by atoms with Crippen LogP contribution >= 0.6 is 0 Å². The van der Waals surface area contributed by atoms with Crippen LogP contribution in [0.3, 0.4) is 0 Å². The average molecular weight is 447 g/mol. The van der Waals surface area contributed by atoms with Crippen molar-refractivity contribution < 1.29 is 31.1 Å². The number of nitrogens with zero attached hydrogens (tertiary/aromatic N) is 3. The molecule has 0 spiro atoms. The zero-order valence-corrected chi connectivity index (χ0v) is 17.7. The molecule has 160 valence electrons. The molecule has 1 heterocycles. The van der Waals surface area contributed by atoms with Gasteiger partial charge in [-0.15, -0.1) is 0 Å². The first kappa shape index (κ1) is 22.8. The topological polar surface area (TPSA) is 137 Å². The van der Waals surface area contributed by atoms with E-state index in [1.54, 1.807) is 7.05 Å². The minimum absolute atomic E-state index is 0.0148. The molecule has 0 fully saturated rings. The molecular formula is C16H22N4O7S2. The molecule has 0 saturated carbocycles. The number of benzene rings is 1. The van der Waals surface area contributed by atoms with E-state index in [4.69, 9.17) is 9.47 Å². The molecule has 29 heavy (non-hydrogen) atoms. The SMILES string of the molecule is CN(C)S(=O)(=O)c1ccc(OCCOC(=O)CNS(=O)(=O)c2cnn(C)c2)cc1. The van der Waals surface area contributed by atoms with Gasteiger partial charge >= 0.3 is 5.97 Å². The summed E-state index contributed by atoms with van der Waals surface area (Å²) in [5, 5.41) is 3.76. The summed E-state index contributed by atoms with van der Waals surface area (Å²) in [4.78, 5) is 11.7. The van der Waals surface area contributed by atoms with Gasteiger partial charge in [0.1, 0.15) is 30.4 Å². The van der Waals surface area contributed by atoms with Gasteiger partial charge in [-0.2, -0.15) is 9.82 Å². The van der Waals surface area contributed by atoms with Crippen LogP contribution in [0.2, 0.25) is 0 Å². The van der Waals surface area contributed by atoms with Crippen LogP contribution in [0.5, 0.6) is 5.75 Å². The van der Waals surface area contributed by atoms with Crippen molar-refractivity contribution >= 4 is 26.0 Å². The Kier molecular flexibility index (Phi) is 7.35. The van der Waals surface area contributed by atoms with Crippen LogP contribution in [0.25, 0.3) is 0 Å². The first-order valence-corrected chi connectivity index (χ1v) is 11.2. The Bertz CT molecular complexity index is 1050. The average Bonchev–Trinajstić information content (AvgIpc) is 3.11. The minimum Gasteiger partial charge on any atom is -0.490 e. The Morgan fingerprint density at radius 2 is 1.76 bits per heavy atom. The van der Waals surface area contributed by atoms with Crippen LogP contribution < -0.4 is 9.46 Å². The maximum absolute atomic E-state index is 12.0. The molecule has 0 aliphatic carbocycles. The van der Waals surface area contributed by atoms with Crippen molar-refractivity contribution in [3.63, 3.8) is 0 Å². The predicted octanol–water partition coefficient (Wildman–Crippen LogP) is -0.429. The Balaban J connectivity index is 1.74. The molecule has 2 rings (SSSR count). The number of sulfonamides is 2. The highest BCUT2D eigenvalue weighted by Gasteiger charge is 2.18. The Morgan fingerprint density at radius 3 is 2.31 bits per heavy atom. The standard InChI is InChI=1S/C16H22N4O7S2/c1-19(2)29(24,25)14-6-4-13(5-7-14)26-8-9-27-16(21)11-18-28(22,23)15-10-17-20(3)12-15/h4-7,10,12,18H,8-9,11H2,1-3H3. The van der Waals surface area contributed by atoms with Gasteiger partial charge in [-0.05, 0) is 24.3 Å². The molecule has 0 atom stereocenters. The largest absolute Gasteiger partial charge is 0.490 e. The predicted molar refractivity (Wildman–Crippen MR) is 102 cm³/mol. The van der Waals surface area contributed by atoms with Gasteiger partial charge in [0, 0.05) is 27.3 Å². The van der Waals surface area contributed by atoms with E-state index < -0.39 is 32.6 Å². The van der Waals surface area contributed by atoms with Gasteiger partial charge in [-0.1, -0.05) is 0 Å². The first-order valence-electron chi connectivity index (χ1n) is 8.32. The van der Waals surface area contributed by atoms with E-state index in [1.807, 2.05) is 0 Å². The number of ether oxygens (including phenoxy) is 2. The summed E-state index contributed by atoms with van der Waals surface area (Å²) in [5.74, 6) is -0.371. The molecule has 0 bridgehead atoms. The van der Waals surface area contributed by atoms with E-state index in [-0.39, 0.29) is 23.0 Å². The second-order valence-corrected chi connectivity index (χ2v) is 9.92. The molecule has 1 N–H and O–H groups in total. The van der Waals surface area contributed by atoms with E-state index in [0.29, 0.717) is 5.75 Å². The fourth-order valence-corrected chi connectivity index (χ4v) is 3.91. The zero-order valence-electron chi connectivity index (χ0n) is 16.1. The van der Waals surface area contributed by atoms with Crippen molar-refractivity contribution in [1.29, 1.82) is 0 Å². The third-order valence-electron chi connectivity index (χ3n) is 3.62. The number of aromatic nitrogens is 2. The normalized spacial score (nSPS) is 12.1. The maximum Gasteiger partial charge on any atom is 0.321 e. The summed E-state index contributed by atoms with van der Waals surface area (Å²) in [6.07, 6.45) is 2.47. The van der Waals surface area contributed by atoms with Crippen molar-refractivity contribution in [2.24, 2.45) is 7.05 Å². The van der Waals surface area contributed by atoms with Gasteiger partial charge in [0.2, 0.25) is 20.0 Å². The number of esters is 1. The van der Waals surface area contributed by atoms with Crippen LogP contribution in [-0.4, -0.2) is 70.7 Å². The lowest BCUT2D eigenvalue weighted by Crippen LogP contribution is -2.31. The zero-order chi connectivity index (χ0) is 21.7. The minimum atomic E-state index is -3.85. The maximum atomic E-state index is 12.0. The van der Waals surface area contributed by atoms with Crippen LogP contribution in [0, 0.1) is 0 Å².